The van der Waals surface area contributed by atoms with Crippen molar-refractivity contribution in [3.63, 3.8) is 0 Å². The lowest BCUT2D eigenvalue weighted by molar-refractivity contribution is -0.137. The van der Waals surface area contributed by atoms with Gasteiger partial charge in [-0.25, -0.2) is 5.48 Å². The second-order valence-corrected chi connectivity index (χ2v) is 10.1. The van der Waals surface area contributed by atoms with E-state index in [-0.39, 0.29) is 18.3 Å². The molecule has 0 radical (unpaired) electrons. The number of hydrogen-bond donors (Lipinski definition) is 5. The first-order chi connectivity index (χ1) is 17.5. The molecule has 6 N–H and O–H groups in total. The van der Waals surface area contributed by atoms with Crippen molar-refractivity contribution in [2.24, 2.45) is 23.5 Å². The quantitative estimate of drug-likeness (QED) is 0.207. The Morgan fingerprint density at radius 2 is 1.35 bits per heavy atom. The van der Waals surface area contributed by atoms with Gasteiger partial charge >= 0.3 is 0 Å². The normalized spacial score (nSPS) is 13.5. The van der Waals surface area contributed by atoms with Gasteiger partial charge in [0.15, 0.2) is 0 Å². The van der Waals surface area contributed by atoms with Crippen molar-refractivity contribution in [1.82, 2.24) is 16.1 Å². The predicted octanol–water partition coefficient (Wildman–Crippen LogP) is 3.08. The van der Waals surface area contributed by atoms with Crippen LogP contribution in [0.1, 0.15) is 58.6 Å². The Kier molecular flexibility index (Phi) is 11.3. The average molecular weight is 511 g/mol. The van der Waals surface area contributed by atoms with E-state index in [4.69, 9.17) is 10.9 Å². The van der Waals surface area contributed by atoms with Crippen LogP contribution in [-0.4, -0.2) is 34.9 Å². The third kappa shape index (κ3) is 9.34. The van der Waals surface area contributed by atoms with E-state index in [9.17, 15) is 19.2 Å². The van der Waals surface area contributed by atoms with Gasteiger partial charge in [0.25, 0.3) is 0 Å². The van der Waals surface area contributed by atoms with Crippen molar-refractivity contribution in [1.29, 1.82) is 0 Å². The van der Waals surface area contributed by atoms with Gasteiger partial charge in [0, 0.05) is 12.3 Å². The molecule has 2 aromatic carbocycles. The highest BCUT2D eigenvalue weighted by molar-refractivity contribution is 5.93. The summed E-state index contributed by atoms with van der Waals surface area (Å²) >= 11 is 0. The summed E-state index contributed by atoms with van der Waals surface area (Å²) in [5.74, 6) is -3.03. The minimum absolute atomic E-state index is 0.0879. The lowest BCUT2D eigenvalue weighted by atomic mass is 9.92. The van der Waals surface area contributed by atoms with Crippen LogP contribution in [0.4, 0.5) is 0 Å². The first kappa shape index (κ1) is 29.5. The molecule has 0 heterocycles. The molecule has 0 bridgehead atoms. The molecule has 2 unspecified atom stereocenters. The number of carbonyl (C=O) groups is 4. The van der Waals surface area contributed by atoms with Gasteiger partial charge in [0.05, 0.1) is 0 Å². The highest BCUT2D eigenvalue weighted by Gasteiger charge is 2.31. The van der Waals surface area contributed by atoms with Crippen molar-refractivity contribution < 1.29 is 24.4 Å². The maximum atomic E-state index is 13.4. The zero-order chi connectivity index (χ0) is 27.5. The third-order valence-corrected chi connectivity index (χ3v) is 5.95. The first-order valence-electron chi connectivity index (χ1n) is 12.5. The van der Waals surface area contributed by atoms with Crippen LogP contribution in [0.25, 0.3) is 11.1 Å². The van der Waals surface area contributed by atoms with Crippen LogP contribution in [0.15, 0.2) is 54.6 Å². The van der Waals surface area contributed by atoms with Crippen LogP contribution in [0.3, 0.4) is 0 Å². The minimum Gasteiger partial charge on any atom is -0.368 e. The van der Waals surface area contributed by atoms with Crippen molar-refractivity contribution in [2.45, 2.75) is 59.0 Å². The summed E-state index contributed by atoms with van der Waals surface area (Å²) in [6, 6.07) is 14.9. The zero-order valence-electron chi connectivity index (χ0n) is 21.9. The van der Waals surface area contributed by atoms with Gasteiger partial charge in [-0.3, -0.25) is 24.4 Å². The van der Waals surface area contributed by atoms with Crippen LogP contribution in [0.2, 0.25) is 0 Å². The monoisotopic (exact) mass is 510 g/mol. The van der Waals surface area contributed by atoms with E-state index in [2.05, 4.69) is 10.6 Å². The lowest BCUT2D eigenvalue weighted by Gasteiger charge is -2.25. The number of primary amides is 1. The highest BCUT2D eigenvalue weighted by atomic mass is 16.5. The molecule has 0 aromatic heterocycles. The Morgan fingerprint density at radius 3 is 1.86 bits per heavy atom. The summed E-state index contributed by atoms with van der Waals surface area (Å²) in [7, 11) is 0. The minimum atomic E-state index is -1.13. The molecule has 2 aromatic rings. The van der Waals surface area contributed by atoms with Gasteiger partial charge < -0.3 is 16.4 Å². The zero-order valence-corrected chi connectivity index (χ0v) is 21.9. The number of hydrogen-bond acceptors (Lipinski definition) is 5. The molecule has 4 amide bonds. The Balaban J connectivity index is 2.37. The van der Waals surface area contributed by atoms with Crippen LogP contribution >= 0.6 is 0 Å². The van der Waals surface area contributed by atoms with Crippen molar-refractivity contribution in [3.05, 3.63) is 60.2 Å². The van der Waals surface area contributed by atoms with Gasteiger partial charge in [-0.05, 0) is 41.4 Å². The molecule has 0 aliphatic carbocycles. The summed E-state index contributed by atoms with van der Waals surface area (Å²) in [4.78, 5) is 50.5. The van der Waals surface area contributed by atoms with Crippen molar-refractivity contribution in [3.8, 4) is 11.1 Å². The van der Waals surface area contributed by atoms with E-state index in [0.29, 0.717) is 18.4 Å². The Labute approximate surface area is 218 Å². The van der Waals surface area contributed by atoms with E-state index in [0.717, 1.165) is 11.1 Å². The number of amides is 4. The first-order valence-corrected chi connectivity index (χ1v) is 12.5. The largest absolute Gasteiger partial charge is 0.368 e. The van der Waals surface area contributed by atoms with E-state index < -0.39 is 41.6 Å². The molecule has 0 saturated heterocycles. The molecular weight excluding hydrogens is 472 g/mol. The SMILES string of the molecule is CC(C)CC(CC(=O)NO)C(=O)NC(C(=O)N[C@@H](CC(C)C)C(N)=O)c1ccc(-c2ccccc2)cc1. The van der Waals surface area contributed by atoms with Crippen LogP contribution in [0.5, 0.6) is 0 Å². The molecule has 0 fully saturated rings. The Morgan fingerprint density at radius 1 is 0.784 bits per heavy atom. The van der Waals surface area contributed by atoms with E-state index in [1.807, 2.05) is 70.2 Å². The van der Waals surface area contributed by atoms with Crippen molar-refractivity contribution >= 4 is 23.6 Å². The van der Waals surface area contributed by atoms with Crippen LogP contribution in [-0.2, 0) is 19.2 Å². The van der Waals surface area contributed by atoms with Gasteiger partial charge in [-0.2, -0.15) is 0 Å². The molecule has 9 nitrogen and oxygen atoms in total. The van der Waals surface area contributed by atoms with E-state index in [1.54, 1.807) is 17.6 Å². The lowest BCUT2D eigenvalue weighted by Crippen LogP contribution is -2.50. The fourth-order valence-electron chi connectivity index (χ4n) is 4.15. The average Bonchev–Trinajstić information content (AvgIpc) is 2.86. The summed E-state index contributed by atoms with van der Waals surface area (Å²) in [5.41, 5.74) is 9.52. The highest BCUT2D eigenvalue weighted by Crippen LogP contribution is 2.24. The molecule has 9 heteroatoms. The van der Waals surface area contributed by atoms with Gasteiger partial charge in [-0.1, -0.05) is 82.3 Å². The number of nitrogens with one attached hydrogen (secondary N) is 3. The molecule has 0 aliphatic rings. The third-order valence-electron chi connectivity index (χ3n) is 5.95. The maximum Gasteiger partial charge on any atom is 0.247 e. The van der Waals surface area contributed by atoms with Crippen molar-refractivity contribution in [2.75, 3.05) is 0 Å². The number of benzene rings is 2. The van der Waals surface area contributed by atoms with Gasteiger partial charge in [-0.15, -0.1) is 0 Å². The fraction of sp³-hybridized carbons (Fsp3) is 0.429. The second-order valence-electron chi connectivity index (χ2n) is 10.1. The topological polar surface area (TPSA) is 151 Å². The summed E-state index contributed by atoms with van der Waals surface area (Å²) in [6.45, 7) is 7.64. The second kappa shape index (κ2) is 14.1. The number of rotatable bonds is 13. The molecule has 0 spiro atoms. The summed E-state index contributed by atoms with van der Waals surface area (Å²) in [6.07, 6.45) is 0.484. The van der Waals surface area contributed by atoms with E-state index in [1.165, 1.54) is 0 Å². The maximum absolute atomic E-state index is 13.4. The number of carbonyl (C=O) groups excluding carboxylic acids is 4. The predicted molar refractivity (Wildman–Crippen MR) is 141 cm³/mol. The molecular formula is C28H38N4O5. The Bertz CT molecular complexity index is 1050. The van der Waals surface area contributed by atoms with Gasteiger partial charge in [0.1, 0.15) is 12.1 Å². The number of nitrogens with two attached hydrogens (primary N) is 1. The smallest absolute Gasteiger partial charge is 0.247 e. The fourth-order valence-corrected chi connectivity index (χ4v) is 4.15. The molecule has 0 aliphatic heterocycles. The molecule has 37 heavy (non-hydrogen) atoms. The summed E-state index contributed by atoms with van der Waals surface area (Å²) in [5, 5.41) is 14.4. The Hall–Kier alpha value is -3.72. The van der Waals surface area contributed by atoms with Crippen LogP contribution in [0, 0.1) is 17.8 Å². The standard InChI is InChI=1S/C28H38N4O5/c1-17(2)14-22(16-24(33)32-37)27(35)31-25(28(36)30-23(26(29)34)15-18(3)4)21-12-10-20(11-13-21)19-8-6-5-7-9-19/h5-13,17-18,22-23,25,37H,14-16H2,1-4H3,(H2,29,34)(H,30,36)(H,31,35)(H,32,33)/t22?,23-,25?/m0/s1. The number of hydroxylamine groups is 1. The molecule has 200 valence electrons. The summed E-state index contributed by atoms with van der Waals surface area (Å²) < 4.78 is 0. The molecule has 0 saturated carbocycles. The van der Waals surface area contributed by atoms with Gasteiger partial charge in [0.2, 0.25) is 23.6 Å². The molecule has 2 rings (SSSR count). The van der Waals surface area contributed by atoms with Crippen LogP contribution < -0.4 is 21.8 Å². The van der Waals surface area contributed by atoms with E-state index >= 15 is 0 Å². The molecule has 3 atom stereocenters.